The number of rotatable bonds is 1. The molecule has 0 unspecified atom stereocenters. The topological polar surface area (TPSA) is 52.3 Å². The second-order valence-electron chi connectivity index (χ2n) is 3.13. The number of benzene rings is 1. The van der Waals surface area contributed by atoms with E-state index < -0.39 is 0 Å². The minimum absolute atomic E-state index is 0.176. The maximum absolute atomic E-state index is 11.1. The van der Waals surface area contributed by atoms with Crippen LogP contribution in [0.5, 0.6) is 5.75 Å². The molecule has 1 amide bonds. The number of ether oxygens (including phenoxy) is 1. The number of para-hydroxylation sites is 1. The van der Waals surface area contributed by atoms with Gasteiger partial charge in [-0.25, -0.2) is 0 Å². The SMILES string of the molecule is NC(=O)[C@@H]1CCOc2ccccc21. The maximum atomic E-state index is 11.1. The van der Waals surface area contributed by atoms with Crippen LogP contribution < -0.4 is 10.5 Å². The first-order valence-electron chi connectivity index (χ1n) is 4.30. The van der Waals surface area contributed by atoms with Gasteiger partial charge in [0.1, 0.15) is 5.75 Å². The fourth-order valence-corrected chi connectivity index (χ4v) is 1.64. The van der Waals surface area contributed by atoms with Gasteiger partial charge in [-0.15, -0.1) is 0 Å². The van der Waals surface area contributed by atoms with E-state index in [0.717, 1.165) is 11.3 Å². The average molecular weight is 177 g/mol. The fraction of sp³-hybridized carbons (Fsp3) is 0.300. The summed E-state index contributed by atoms with van der Waals surface area (Å²) in [5.41, 5.74) is 6.21. The molecule has 0 aromatic heterocycles. The molecule has 0 bridgehead atoms. The molecule has 0 saturated heterocycles. The first-order valence-corrected chi connectivity index (χ1v) is 4.30. The van der Waals surface area contributed by atoms with Gasteiger partial charge in [-0.05, 0) is 12.5 Å². The third-order valence-corrected chi connectivity index (χ3v) is 2.30. The van der Waals surface area contributed by atoms with Crippen LogP contribution in [0.25, 0.3) is 0 Å². The van der Waals surface area contributed by atoms with Crippen molar-refractivity contribution in [2.75, 3.05) is 6.61 Å². The first-order chi connectivity index (χ1) is 6.29. The third kappa shape index (κ3) is 1.37. The predicted molar refractivity (Wildman–Crippen MR) is 48.5 cm³/mol. The normalized spacial score (nSPS) is 20.2. The van der Waals surface area contributed by atoms with E-state index in [2.05, 4.69) is 0 Å². The van der Waals surface area contributed by atoms with Crippen molar-refractivity contribution >= 4 is 5.91 Å². The van der Waals surface area contributed by atoms with Crippen LogP contribution in [0.15, 0.2) is 24.3 Å². The van der Waals surface area contributed by atoms with Crippen LogP contribution in [0.2, 0.25) is 0 Å². The highest BCUT2D eigenvalue weighted by Crippen LogP contribution is 2.32. The Hall–Kier alpha value is -1.51. The van der Waals surface area contributed by atoms with Crippen molar-refractivity contribution in [1.82, 2.24) is 0 Å². The predicted octanol–water partition coefficient (Wildman–Crippen LogP) is 1.04. The Morgan fingerprint density at radius 3 is 3.00 bits per heavy atom. The van der Waals surface area contributed by atoms with E-state index in [1.165, 1.54) is 0 Å². The quantitative estimate of drug-likeness (QED) is 0.696. The molecular formula is C10H11NO2. The van der Waals surface area contributed by atoms with Gasteiger partial charge in [0.15, 0.2) is 0 Å². The molecule has 1 aromatic carbocycles. The summed E-state index contributed by atoms with van der Waals surface area (Å²) in [6.07, 6.45) is 0.687. The van der Waals surface area contributed by atoms with Crippen molar-refractivity contribution in [3.63, 3.8) is 0 Å². The van der Waals surface area contributed by atoms with Crippen LogP contribution in [0.1, 0.15) is 17.9 Å². The van der Waals surface area contributed by atoms with Gasteiger partial charge in [-0.2, -0.15) is 0 Å². The number of carbonyl (C=O) groups is 1. The minimum atomic E-state index is -0.268. The zero-order valence-electron chi connectivity index (χ0n) is 7.19. The summed E-state index contributed by atoms with van der Waals surface area (Å²) in [5, 5.41) is 0. The molecule has 1 aliphatic heterocycles. The average Bonchev–Trinajstić information content (AvgIpc) is 2.17. The summed E-state index contributed by atoms with van der Waals surface area (Å²) >= 11 is 0. The standard InChI is InChI=1S/C10H11NO2/c11-10(12)8-5-6-13-9-4-2-1-3-7(8)9/h1-4,8H,5-6H2,(H2,11,12)/t8-/m1/s1. The highest BCUT2D eigenvalue weighted by atomic mass is 16.5. The molecule has 68 valence electrons. The van der Waals surface area contributed by atoms with Crippen molar-refractivity contribution < 1.29 is 9.53 Å². The number of carbonyl (C=O) groups excluding carboxylic acids is 1. The van der Waals surface area contributed by atoms with Crippen LogP contribution >= 0.6 is 0 Å². The Balaban J connectivity index is 2.42. The Labute approximate surface area is 76.5 Å². The molecule has 1 atom stereocenters. The summed E-state index contributed by atoms with van der Waals surface area (Å²) in [6.45, 7) is 0.574. The lowest BCUT2D eigenvalue weighted by Gasteiger charge is -2.23. The van der Waals surface area contributed by atoms with E-state index in [9.17, 15) is 4.79 Å². The summed E-state index contributed by atoms with van der Waals surface area (Å²) in [4.78, 5) is 11.1. The highest BCUT2D eigenvalue weighted by Gasteiger charge is 2.24. The maximum Gasteiger partial charge on any atom is 0.225 e. The Morgan fingerprint density at radius 2 is 2.23 bits per heavy atom. The fourth-order valence-electron chi connectivity index (χ4n) is 1.64. The summed E-state index contributed by atoms with van der Waals surface area (Å²) in [7, 11) is 0. The van der Waals surface area contributed by atoms with E-state index in [-0.39, 0.29) is 11.8 Å². The second-order valence-corrected chi connectivity index (χ2v) is 3.13. The number of primary amides is 1. The van der Waals surface area contributed by atoms with Gasteiger partial charge in [-0.3, -0.25) is 4.79 Å². The molecule has 2 rings (SSSR count). The minimum Gasteiger partial charge on any atom is -0.493 e. The molecule has 1 heterocycles. The first kappa shape index (κ1) is 8.10. The lowest BCUT2D eigenvalue weighted by Crippen LogP contribution is -2.26. The smallest absolute Gasteiger partial charge is 0.225 e. The zero-order valence-corrected chi connectivity index (χ0v) is 7.19. The Kier molecular flexibility index (Phi) is 1.93. The molecule has 1 aromatic rings. The van der Waals surface area contributed by atoms with Gasteiger partial charge in [-0.1, -0.05) is 18.2 Å². The Morgan fingerprint density at radius 1 is 1.46 bits per heavy atom. The van der Waals surface area contributed by atoms with Crippen molar-refractivity contribution in [1.29, 1.82) is 0 Å². The van der Waals surface area contributed by atoms with Gasteiger partial charge in [0, 0.05) is 5.56 Å². The number of hydrogen-bond acceptors (Lipinski definition) is 2. The van der Waals surface area contributed by atoms with Crippen molar-refractivity contribution in [3.05, 3.63) is 29.8 Å². The summed E-state index contributed by atoms with van der Waals surface area (Å²) in [6, 6.07) is 7.54. The van der Waals surface area contributed by atoms with Crippen LogP contribution in [-0.4, -0.2) is 12.5 Å². The molecule has 0 aliphatic carbocycles. The molecule has 1 aliphatic rings. The summed E-state index contributed by atoms with van der Waals surface area (Å²) < 4.78 is 5.40. The van der Waals surface area contributed by atoms with Gasteiger partial charge in [0.2, 0.25) is 5.91 Å². The van der Waals surface area contributed by atoms with Crippen LogP contribution in [0.3, 0.4) is 0 Å². The van der Waals surface area contributed by atoms with E-state index in [0.29, 0.717) is 13.0 Å². The van der Waals surface area contributed by atoms with Gasteiger partial charge in [0.05, 0.1) is 12.5 Å². The molecule has 0 spiro atoms. The lowest BCUT2D eigenvalue weighted by molar-refractivity contribution is -0.120. The van der Waals surface area contributed by atoms with Crippen LogP contribution in [0.4, 0.5) is 0 Å². The zero-order chi connectivity index (χ0) is 9.26. The second kappa shape index (κ2) is 3.09. The van der Waals surface area contributed by atoms with Gasteiger partial charge >= 0.3 is 0 Å². The van der Waals surface area contributed by atoms with E-state index >= 15 is 0 Å². The van der Waals surface area contributed by atoms with Crippen molar-refractivity contribution in [2.24, 2.45) is 5.73 Å². The third-order valence-electron chi connectivity index (χ3n) is 2.30. The lowest BCUT2D eigenvalue weighted by atomic mass is 9.93. The largest absolute Gasteiger partial charge is 0.493 e. The summed E-state index contributed by atoms with van der Waals surface area (Å²) in [5.74, 6) is 0.346. The molecule has 2 N–H and O–H groups in total. The highest BCUT2D eigenvalue weighted by molar-refractivity contribution is 5.83. The molecule has 3 heteroatoms. The molecule has 3 nitrogen and oxygen atoms in total. The molecule has 0 fully saturated rings. The molecule has 0 saturated carbocycles. The molecule has 13 heavy (non-hydrogen) atoms. The Bertz CT molecular complexity index is 335. The number of fused-ring (bicyclic) bond motifs is 1. The van der Waals surface area contributed by atoms with E-state index in [1.54, 1.807) is 0 Å². The van der Waals surface area contributed by atoms with Crippen molar-refractivity contribution in [2.45, 2.75) is 12.3 Å². The monoisotopic (exact) mass is 177 g/mol. The number of hydrogen-bond donors (Lipinski definition) is 1. The van der Waals surface area contributed by atoms with Crippen LogP contribution in [0, 0.1) is 0 Å². The van der Waals surface area contributed by atoms with Crippen molar-refractivity contribution in [3.8, 4) is 5.75 Å². The van der Waals surface area contributed by atoms with E-state index in [1.807, 2.05) is 24.3 Å². The molecular weight excluding hydrogens is 166 g/mol. The van der Waals surface area contributed by atoms with E-state index in [4.69, 9.17) is 10.5 Å². The van der Waals surface area contributed by atoms with Crippen LogP contribution in [-0.2, 0) is 4.79 Å². The number of amides is 1. The van der Waals surface area contributed by atoms with Gasteiger partial charge in [0.25, 0.3) is 0 Å². The van der Waals surface area contributed by atoms with Gasteiger partial charge < -0.3 is 10.5 Å². The molecule has 0 radical (unpaired) electrons. The number of nitrogens with two attached hydrogens (primary N) is 1.